The first-order valence-corrected chi connectivity index (χ1v) is 12.6. The van der Waals surface area contributed by atoms with Crippen molar-refractivity contribution in [2.24, 2.45) is 11.1 Å². The van der Waals surface area contributed by atoms with Crippen LogP contribution in [-0.2, 0) is 22.5 Å². The van der Waals surface area contributed by atoms with Crippen molar-refractivity contribution in [1.29, 1.82) is 0 Å². The third kappa shape index (κ3) is 5.94. The fraction of sp³-hybridized carbons (Fsp3) is 0.333. The number of aromatic amines is 1. The van der Waals surface area contributed by atoms with E-state index < -0.39 is 17.4 Å². The summed E-state index contributed by atoms with van der Waals surface area (Å²) in [6.45, 7) is 2.65. The fourth-order valence-corrected chi connectivity index (χ4v) is 4.57. The zero-order valence-corrected chi connectivity index (χ0v) is 21.4. The predicted octanol–water partition coefficient (Wildman–Crippen LogP) is 4.18. The van der Waals surface area contributed by atoms with E-state index in [1.54, 1.807) is 17.2 Å². The van der Waals surface area contributed by atoms with Crippen LogP contribution in [0.1, 0.15) is 41.5 Å². The summed E-state index contributed by atoms with van der Waals surface area (Å²) in [5, 5.41) is 0.535. The summed E-state index contributed by atoms with van der Waals surface area (Å²) in [5.74, 6) is -0.570. The van der Waals surface area contributed by atoms with E-state index in [-0.39, 0.29) is 37.7 Å². The minimum Gasteiger partial charge on any atom is -0.448 e. The van der Waals surface area contributed by atoms with Gasteiger partial charge < -0.3 is 20.4 Å². The summed E-state index contributed by atoms with van der Waals surface area (Å²) in [4.78, 5) is 48.4. The zero-order chi connectivity index (χ0) is 26.4. The number of benzene rings is 2. The molecule has 0 radical (unpaired) electrons. The molecule has 37 heavy (non-hydrogen) atoms. The molecule has 0 bridgehead atoms. The number of nitrogens with one attached hydrogen (secondary N) is 1. The number of aryl methyl sites for hydroxylation is 1. The van der Waals surface area contributed by atoms with Crippen LogP contribution in [-0.4, -0.2) is 52.5 Å². The third-order valence-corrected chi connectivity index (χ3v) is 7.23. The molecule has 0 atom stereocenters. The molecule has 10 heteroatoms. The molecule has 3 N–H and O–H groups in total. The normalized spacial score (nSPS) is 14.7. The van der Waals surface area contributed by atoms with Crippen molar-refractivity contribution in [2.75, 3.05) is 24.6 Å². The van der Waals surface area contributed by atoms with Crippen LogP contribution in [0.25, 0.3) is 0 Å². The average molecular weight is 524 g/mol. The Labute approximate surface area is 220 Å². The van der Waals surface area contributed by atoms with E-state index in [9.17, 15) is 14.4 Å². The Morgan fingerprint density at radius 3 is 2.43 bits per heavy atom. The Hall–Kier alpha value is -3.85. The maximum Gasteiger partial charge on any atom is 0.414 e. The van der Waals surface area contributed by atoms with Crippen molar-refractivity contribution in [3.05, 3.63) is 82.9 Å². The van der Waals surface area contributed by atoms with Crippen molar-refractivity contribution in [2.45, 2.75) is 32.7 Å². The summed E-state index contributed by atoms with van der Waals surface area (Å²) in [7, 11) is 0. The minimum absolute atomic E-state index is 0.185. The number of rotatable bonds is 8. The maximum absolute atomic E-state index is 13.4. The van der Waals surface area contributed by atoms with E-state index in [1.807, 2.05) is 42.5 Å². The molecule has 194 valence electrons. The lowest BCUT2D eigenvalue weighted by Gasteiger charge is -2.39. The number of hydrogen-bond acceptors (Lipinski definition) is 5. The molecule has 1 saturated heterocycles. The van der Waals surface area contributed by atoms with Gasteiger partial charge in [0.15, 0.2) is 5.82 Å². The van der Waals surface area contributed by atoms with Crippen molar-refractivity contribution in [3.8, 4) is 0 Å². The molecule has 3 aromatic rings. The Balaban J connectivity index is 1.48. The van der Waals surface area contributed by atoms with Gasteiger partial charge in [-0.2, -0.15) is 0 Å². The lowest BCUT2D eigenvalue weighted by Crippen LogP contribution is -2.51. The van der Waals surface area contributed by atoms with Gasteiger partial charge in [-0.15, -0.1) is 0 Å². The number of carbonyl (C=O) groups is 3. The molecule has 3 amide bonds. The molecule has 1 aliphatic rings. The number of likely N-dealkylation sites (tertiary alicyclic amines) is 1. The molecular weight excluding hydrogens is 494 g/mol. The number of anilines is 1. The van der Waals surface area contributed by atoms with Gasteiger partial charge in [0, 0.05) is 36.2 Å². The number of ether oxygens (including phenoxy) is 1. The van der Waals surface area contributed by atoms with Crippen LogP contribution < -0.4 is 10.6 Å². The van der Waals surface area contributed by atoms with Gasteiger partial charge in [0.1, 0.15) is 6.61 Å². The van der Waals surface area contributed by atoms with Crippen molar-refractivity contribution >= 4 is 35.2 Å². The summed E-state index contributed by atoms with van der Waals surface area (Å²) in [5.41, 5.74) is 7.26. The second-order valence-corrected chi connectivity index (χ2v) is 9.53. The van der Waals surface area contributed by atoms with Gasteiger partial charge in [0.25, 0.3) is 5.91 Å². The monoisotopic (exact) mass is 523 g/mol. The van der Waals surface area contributed by atoms with Gasteiger partial charge in [-0.25, -0.2) is 9.78 Å². The van der Waals surface area contributed by atoms with E-state index >= 15 is 0 Å². The lowest BCUT2D eigenvalue weighted by atomic mass is 9.78. The molecule has 1 aliphatic heterocycles. The Bertz CT molecular complexity index is 1240. The number of halogens is 1. The van der Waals surface area contributed by atoms with Crippen LogP contribution in [0.3, 0.4) is 0 Å². The molecule has 0 saturated carbocycles. The molecule has 0 aliphatic carbocycles. The van der Waals surface area contributed by atoms with E-state index in [1.165, 1.54) is 11.1 Å². The van der Waals surface area contributed by atoms with Crippen LogP contribution in [0.4, 0.5) is 10.5 Å². The highest BCUT2D eigenvalue weighted by molar-refractivity contribution is 6.31. The van der Waals surface area contributed by atoms with Gasteiger partial charge in [-0.05, 0) is 48.6 Å². The minimum atomic E-state index is -1.07. The molecule has 2 aromatic carbocycles. The first-order chi connectivity index (χ1) is 17.8. The second kappa shape index (κ2) is 11.5. The van der Waals surface area contributed by atoms with E-state index in [4.69, 9.17) is 22.1 Å². The molecular formula is C27H30ClN5O4. The number of nitrogens with two attached hydrogens (primary N) is 1. The van der Waals surface area contributed by atoms with Gasteiger partial charge in [-0.1, -0.05) is 48.9 Å². The number of hydrogen-bond donors (Lipinski definition) is 2. The average Bonchev–Trinajstić information content (AvgIpc) is 3.46. The number of nitrogens with zero attached hydrogens (tertiary/aromatic N) is 3. The van der Waals surface area contributed by atoms with Gasteiger partial charge in [0.2, 0.25) is 5.91 Å². The highest BCUT2D eigenvalue weighted by atomic mass is 35.5. The zero-order valence-electron chi connectivity index (χ0n) is 20.7. The Kier molecular flexibility index (Phi) is 8.13. The molecule has 2 heterocycles. The summed E-state index contributed by atoms with van der Waals surface area (Å²) >= 11 is 6.37. The van der Waals surface area contributed by atoms with Gasteiger partial charge >= 0.3 is 6.09 Å². The number of imidazole rings is 1. The molecule has 0 spiro atoms. The number of aromatic nitrogens is 2. The molecule has 9 nitrogen and oxygen atoms in total. The summed E-state index contributed by atoms with van der Waals surface area (Å²) in [6.07, 6.45) is 3.90. The first kappa shape index (κ1) is 26.2. The predicted molar refractivity (Wildman–Crippen MR) is 140 cm³/mol. The third-order valence-electron chi connectivity index (χ3n) is 6.87. The standard InChI is InChI=1S/C27H30ClN5O4/c1-2-19-7-9-21(10-8-19)33(17-20-5-3-4-6-22(20)28)26(36)37-18-27(25(29)35)11-15-32(16-12-27)24(34)23-30-13-14-31-23/h3-10,13-14H,2,11-12,15-18H2,1H3,(H2,29,35)(H,30,31). The van der Waals surface area contributed by atoms with Crippen LogP contribution >= 0.6 is 11.6 Å². The number of piperidine rings is 1. The highest BCUT2D eigenvalue weighted by Crippen LogP contribution is 2.33. The number of primary amides is 1. The van der Waals surface area contributed by atoms with E-state index in [2.05, 4.69) is 16.9 Å². The second-order valence-electron chi connectivity index (χ2n) is 9.13. The topological polar surface area (TPSA) is 122 Å². The molecule has 0 unspecified atom stereocenters. The van der Waals surface area contributed by atoms with Crippen LogP contribution in [0, 0.1) is 5.41 Å². The lowest BCUT2D eigenvalue weighted by molar-refractivity contribution is -0.133. The van der Waals surface area contributed by atoms with Gasteiger partial charge in [0.05, 0.1) is 12.0 Å². The first-order valence-electron chi connectivity index (χ1n) is 12.2. The fourth-order valence-electron chi connectivity index (χ4n) is 4.38. The van der Waals surface area contributed by atoms with Crippen molar-refractivity contribution in [1.82, 2.24) is 14.9 Å². The smallest absolute Gasteiger partial charge is 0.414 e. The molecule has 1 fully saturated rings. The number of H-pyrrole nitrogens is 1. The maximum atomic E-state index is 13.4. The van der Waals surface area contributed by atoms with Crippen LogP contribution in [0.5, 0.6) is 0 Å². The SMILES string of the molecule is CCc1ccc(N(Cc2ccccc2Cl)C(=O)OCC2(C(N)=O)CCN(C(=O)c3ncc[nH]3)CC2)cc1. The van der Waals surface area contributed by atoms with Crippen LogP contribution in [0.15, 0.2) is 60.9 Å². The molecule has 4 rings (SSSR count). The van der Waals surface area contributed by atoms with Gasteiger partial charge in [-0.3, -0.25) is 14.5 Å². The Morgan fingerprint density at radius 1 is 1.14 bits per heavy atom. The summed E-state index contributed by atoms with van der Waals surface area (Å²) < 4.78 is 5.72. The number of amides is 3. The Morgan fingerprint density at radius 2 is 1.84 bits per heavy atom. The highest BCUT2D eigenvalue weighted by Gasteiger charge is 2.43. The van der Waals surface area contributed by atoms with Crippen molar-refractivity contribution in [3.63, 3.8) is 0 Å². The van der Waals surface area contributed by atoms with E-state index in [0.29, 0.717) is 23.8 Å². The molecule has 1 aromatic heterocycles. The number of carbonyl (C=O) groups excluding carboxylic acids is 3. The van der Waals surface area contributed by atoms with Crippen LogP contribution in [0.2, 0.25) is 5.02 Å². The van der Waals surface area contributed by atoms with Crippen molar-refractivity contribution < 1.29 is 19.1 Å². The summed E-state index contributed by atoms with van der Waals surface area (Å²) in [6, 6.07) is 14.9. The largest absolute Gasteiger partial charge is 0.448 e. The quantitative estimate of drug-likeness (QED) is 0.458. The van der Waals surface area contributed by atoms with E-state index in [0.717, 1.165) is 17.5 Å².